The molecule has 176 valence electrons. The van der Waals surface area contributed by atoms with Crippen molar-refractivity contribution in [3.05, 3.63) is 22.4 Å². The Morgan fingerprint density at radius 1 is 1.25 bits per heavy atom. The number of morpholine rings is 1. The van der Waals surface area contributed by atoms with Gasteiger partial charge in [-0.25, -0.2) is 0 Å². The molecule has 0 radical (unpaired) electrons. The Hall–Kier alpha value is -2.01. The van der Waals surface area contributed by atoms with E-state index in [2.05, 4.69) is 10.2 Å². The molecule has 0 aromatic carbocycles. The monoisotopic (exact) mass is 463 g/mol. The van der Waals surface area contributed by atoms with E-state index < -0.39 is 6.04 Å². The highest BCUT2D eigenvalue weighted by atomic mass is 32.1. The third kappa shape index (κ3) is 5.48. The zero-order valence-corrected chi connectivity index (χ0v) is 19.2. The average Bonchev–Trinajstić information content (AvgIpc) is 3.33. The molecule has 3 amide bonds. The van der Waals surface area contributed by atoms with Gasteiger partial charge in [0.05, 0.1) is 24.1 Å². The highest BCUT2D eigenvalue weighted by Crippen LogP contribution is 2.35. The van der Waals surface area contributed by atoms with Gasteiger partial charge in [-0.15, -0.1) is 11.3 Å². The van der Waals surface area contributed by atoms with E-state index in [0.29, 0.717) is 50.7 Å². The van der Waals surface area contributed by atoms with Crippen LogP contribution in [0.1, 0.15) is 28.9 Å². The van der Waals surface area contributed by atoms with Gasteiger partial charge < -0.3 is 25.6 Å². The van der Waals surface area contributed by atoms with Crippen molar-refractivity contribution >= 4 is 29.1 Å². The van der Waals surface area contributed by atoms with Crippen LogP contribution in [-0.2, 0) is 14.3 Å². The lowest BCUT2D eigenvalue weighted by molar-refractivity contribution is -0.139. The van der Waals surface area contributed by atoms with Crippen molar-refractivity contribution in [2.45, 2.75) is 31.3 Å². The summed E-state index contributed by atoms with van der Waals surface area (Å²) in [6, 6.07) is 2.96. The summed E-state index contributed by atoms with van der Waals surface area (Å²) in [6.07, 6.45) is 2.22. The van der Waals surface area contributed by atoms with E-state index in [4.69, 9.17) is 10.5 Å². The van der Waals surface area contributed by atoms with Gasteiger partial charge in [-0.3, -0.25) is 19.3 Å². The molecule has 2 saturated heterocycles. The van der Waals surface area contributed by atoms with Gasteiger partial charge in [0.2, 0.25) is 11.8 Å². The molecule has 3 N–H and O–H groups in total. The quantitative estimate of drug-likeness (QED) is 0.533. The van der Waals surface area contributed by atoms with Gasteiger partial charge in [-0.1, -0.05) is 6.07 Å². The molecule has 1 aromatic rings. The standard InChI is InChI=1S/C22H33N5O4S/c23-5-6-24-20(28)18-14-17(15-27(18)21(29)16-3-4-16)26(22(30)19-2-1-13-32-19)8-7-25-9-11-31-12-10-25/h1-2,13,16-18H,3-12,14-15,23H2,(H,24,28). The fourth-order valence-electron chi connectivity index (χ4n) is 4.48. The van der Waals surface area contributed by atoms with Crippen molar-refractivity contribution in [3.63, 3.8) is 0 Å². The first kappa shape index (κ1) is 23.2. The molecule has 9 nitrogen and oxygen atoms in total. The number of nitrogens with two attached hydrogens (primary N) is 1. The van der Waals surface area contributed by atoms with Crippen LogP contribution in [0.2, 0.25) is 0 Å². The summed E-state index contributed by atoms with van der Waals surface area (Å²) in [5, 5.41) is 4.73. The van der Waals surface area contributed by atoms with Crippen molar-refractivity contribution in [1.29, 1.82) is 0 Å². The number of amides is 3. The summed E-state index contributed by atoms with van der Waals surface area (Å²) in [7, 11) is 0. The lowest BCUT2D eigenvalue weighted by atomic mass is 10.1. The van der Waals surface area contributed by atoms with Gasteiger partial charge in [0, 0.05) is 51.7 Å². The fourth-order valence-corrected chi connectivity index (χ4v) is 5.15. The number of likely N-dealkylation sites (tertiary alicyclic amines) is 1. The van der Waals surface area contributed by atoms with E-state index in [-0.39, 0.29) is 29.7 Å². The fraction of sp³-hybridized carbons (Fsp3) is 0.682. The minimum absolute atomic E-state index is 0.0216. The Morgan fingerprint density at radius 3 is 2.69 bits per heavy atom. The molecule has 1 aromatic heterocycles. The number of ether oxygens (including phenoxy) is 1. The molecular formula is C22H33N5O4S. The zero-order valence-electron chi connectivity index (χ0n) is 18.4. The topological polar surface area (TPSA) is 108 Å². The number of thiophene rings is 1. The van der Waals surface area contributed by atoms with E-state index in [0.717, 1.165) is 32.5 Å². The number of hydrogen-bond donors (Lipinski definition) is 2. The molecule has 0 bridgehead atoms. The molecule has 1 saturated carbocycles. The van der Waals surface area contributed by atoms with E-state index in [1.165, 1.54) is 11.3 Å². The van der Waals surface area contributed by atoms with Crippen LogP contribution in [0.15, 0.2) is 17.5 Å². The molecule has 2 aliphatic heterocycles. The summed E-state index contributed by atoms with van der Waals surface area (Å²) in [5.41, 5.74) is 5.55. The molecule has 2 unspecified atom stereocenters. The number of nitrogens with zero attached hydrogens (tertiary/aromatic N) is 3. The summed E-state index contributed by atoms with van der Waals surface area (Å²) >= 11 is 1.42. The second kappa shape index (κ2) is 10.7. The normalized spacial score (nSPS) is 23.8. The summed E-state index contributed by atoms with van der Waals surface area (Å²) in [5.74, 6) is -0.144. The van der Waals surface area contributed by atoms with Gasteiger partial charge in [0.1, 0.15) is 6.04 Å². The van der Waals surface area contributed by atoms with Crippen molar-refractivity contribution < 1.29 is 19.1 Å². The van der Waals surface area contributed by atoms with Crippen molar-refractivity contribution in [2.75, 3.05) is 59.0 Å². The van der Waals surface area contributed by atoms with Crippen LogP contribution in [0, 0.1) is 5.92 Å². The maximum atomic E-state index is 13.4. The molecule has 2 atom stereocenters. The van der Waals surface area contributed by atoms with Crippen LogP contribution >= 0.6 is 11.3 Å². The second-order valence-corrected chi connectivity index (χ2v) is 9.63. The smallest absolute Gasteiger partial charge is 0.264 e. The third-order valence-corrected chi connectivity index (χ3v) is 7.29. The lowest BCUT2D eigenvalue weighted by Crippen LogP contribution is -2.48. The van der Waals surface area contributed by atoms with E-state index >= 15 is 0 Å². The Bertz CT molecular complexity index is 794. The first-order valence-corrected chi connectivity index (χ1v) is 12.4. The molecule has 3 fully saturated rings. The van der Waals surface area contributed by atoms with Gasteiger partial charge in [-0.2, -0.15) is 0 Å². The van der Waals surface area contributed by atoms with Gasteiger partial charge in [0.15, 0.2) is 0 Å². The van der Waals surface area contributed by atoms with Crippen LogP contribution in [-0.4, -0.2) is 104 Å². The molecule has 3 heterocycles. The lowest BCUT2D eigenvalue weighted by Gasteiger charge is -2.33. The molecule has 3 aliphatic rings. The molecular weight excluding hydrogens is 430 g/mol. The number of nitrogens with one attached hydrogen (secondary N) is 1. The van der Waals surface area contributed by atoms with Gasteiger partial charge in [-0.05, 0) is 30.7 Å². The van der Waals surface area contributed by atoms with Crippen LogP contribution < -0.4 is 11.1 Å². The predicted octanol–water partition coefficient (Wildman–Crippen LogP) is -0.0231. The molecule has 4 rings (SSSR count). The second-order valence-electron chi connectivity index (χ2n) is 8.68. The van der Waals surface area contributed by atoms with Crippen molar-refractivity contribution in [3.8, 4) is 0 Å². The van der Waals surface area contributed by atoms with E-state index in [1.807, 2.05) is 22.4 Å². The third-order valence-electron chi connectivity index (χ3n) is 6.43. The molecule has 32 heavy (non-hydrogen) atoms. The van der Waals surface area contributed by atoms with Crippen LogP contribution in [0.3, 0.4) is 0 Å². The predicted molar refractivity (Wildman–Crippen MR) is 121 cm³/mol. The Kier molecular flexibility index (Phi) is 7.77. The summed E-state index contributed by atoms with van der Waals surface area (Å²) in [6.45, 7) is 5.54. The Balaban J connectivity index is 1.50. The van der Waals surface area contributed by atoms with Crippen LogP contribution in [0.5, 0.6) is 0 Å². The maximum Gasteiger partial charge on any atom is 0.264 e. The van der Waals surface area contributed by atoms with Crippen molar-refractivity contribution in [1.82, 2.24) is 20.0 Å². The largest absolute Gasteiger partial charge is 0.379 e. The molecule has 0 spiro atoms. The number of carbonyl (C=O) groups is 3. The van der Waals surface area contributed by atoms with Crippen LogP contribution in [0.25, 0.3) is 0 Å². The number of carbonyl (C=O) groups excluding carboxylic acids is 3. The number of hydrogen-bond acceptors (Lipinski definition) is 7. The minimum Gasteiger partial charge on any atom is -0.379 e. The Labute approximate surface area is 192 Å². The summed E-state index contributed by atoms with van der Waals surface area (Å²) < 4.78 is 5.44. The first-order valence-electron chi connectivity index (χ1n) is 11.5. The average molecular weight is 464 g/mol. The highest BCUT2D eigenvalue weighted by molar-refractivity contribution is 7.12. The van der Waals surface area contributed by atoms with E-state index in [9.17, 15) is 14.4 Å². The molecule has 10 heteroatoms. The Morgan fingerprint density at radius 2 is 2.03 bits per heavy atom. The highest BCUT2D eigenvalue weighted by Gasteiger charge is 2.46. The van der Waals surface area contributed by atoms with E-state index in [1.54, 1.807) is 4.90 Å². The van der Waals surface area contributed by atoms with Gasteiger partial charge in [0.25, 0.3) is 5.91 Å². The van der Waals surface area contributed by atoms with Gasteiger partial charge >= 0.3 is 0 Å². The molecule has 1 aliphatic carbocycles. The SMILES string of the molecule is NCCNC(=O)C1CC(N(CCN2CCOCC2)C(=O)c2cccs2)CN1C(=O)C1CC1. The minimum atomic E-state index is -0.554. The maximum absolute atomic E-state index is 13.4. The van der Waals surface area contributed by atoms with Crippen LogP contribution in [0.4, 0.5) is 0 Å². The number of rotatable bonds is 9. The first-order chi connectivity index (χ1) is 15.6. The van der Waals surface area contributed by atoms with Crippen molar-refractivity contribution in [2.24, 2.45) is 11.7 Å². The zero-order chi connectivity index (χ0) is 22.5. The summed E-state index contributed by atoms with van der Waals surface area (Å²) in [4.78, 5) is 45.8.